The van der Waals surface area contributed by atoms with Gasteiger partial charge in [-0.15, -0.1) is 11.3 Å². The van der Waals surface area contributed by atoms with Gasteiger partial charge < -0.3 is 5.73 Å². The standard InChI is InChI=1S/C13H9BrN2S/c14-10-7-17-12-9(6-16-13(15)11(10)12)8-4-2-1-3-5-8/h1-7H,(H2,15,16). The number of nitrogens with zero attached hydrogens (tertiary/aromatic N) is 1. The molecule has 2 N–H and O–H groups in total. The normalized spacial score (nSPS) is 10.9. The first-order valence-corrected chi connectivity index (χ1v) is 6.81. The average molecular weight is 305 g/mol. The van der Waals surface area contributed by atoms with Gasteiger partial charge in [0.15, 0.2) is 0 Å². The van der Waals surface area contributed by atoms with E-state index in [0.29, 0.717) is 5.82 Å². The Morgan fingerprint density at radius 1 is 1.18 bits per heavy atom. The Hall–Kier alpha value is -1.39. The van der Waals surface area contributed by atoms with E-state index in [4.69, 9.17) is 5.73 Å². The molecule has 4 heteroatoms. The predicted octanol–water partition coefficient (Wildman–Crippen LogP) is 4.31. The number of fused-ring (bicyclic) bond motifs is 1. The first kappa shape index (κ1) is 10.7. The molecule has 2 aromatic heterocycles. The van der Waals surface area contributed by atoms with E-state index in [1.54, 1.807) is 11.3 Å². The molecule has 1 aromatic carbocycles. The Bertz CT molecular complexity index is 676. The zero-order valence-electron chi connectivity index (χ0n) is 8.85. The number of rotatable bonds is 1. The van der Waals surface area contributed by atoms with Crippen LogP contribution in [0.15, 0.2) is 46.4 Å². The highest BCUT2D eigenvalue weighted by Crippen LogP contribution is 2.39. The number of thiophene rings is 1. The minimum atomic E-state index is 0.577. The summed E-state index contributed by atoms with van der Waals surface area (Å²) in [6, 6.07) is 10.2. The van der Waals surface area contributed by atoms with Crippen molar-refractivity contribution in [3.63, 3.8) is 0 Å². The van der Waals surface area contributed by atoms with Crippen molar-refractivity contribution in [2.75, 3.05) is 5.73 Å². The van der Waals surface area contributed by atoms with Crippen molar-refractivity contribution >= 4 is 43.2 Å². The lowest BCUT2D eigenvalue weighted by Gasteiger charge is -2.04. The van der Waals surface area contributed by atoms with Crippen LogP contribution in [0.5, 0.6) is 0 Å². The summed E-state index contributed by atoms with van der Waals surface area (Å²) < 4.78 is 2.19. The minimum Gasteiger partial charge on any atom is -0.383 e. The van der Waals surface area contributed by atoms with Crippen molar-refractivity contribution in [2.45, 2.75) is 0 Å². The van der Waals surface area contributed by atoms with Crippen molar-refractivity contribution in [1.29, 1.82) is 0 Å². The largest absolute Gasteiger partial charge is 0.383 e. The molecule has 0 aliphatic rings. The fraction of sp³-hybridized carbons (Fsp3) is 0. The number of hydrogen-bond donors (Lipinski definition) is 1. The third-order valence-electron chi connectivity index (χ3n) is 2.66. The zero-order valence-corrected chi connectivity index (χ0v) is 11.3. The van der Waals surface area contributed by atoms with Gasteiger partial charge in [0.25, 0.3) is 0 Å². The minimum absolute atomic E-state index is 0.577. The van der Waals surface area contributed by atoms with E-state index >= 15 is 0 Å². The molecule has 0 atom stereocenters. The molecule has 0 aliphatic heterocycles. The molecule has 0 bridgehead atoms. The predicted molar refractivity (Wildman–Crippen MR) is 77.2 cm³/mol. The van der Waals surface area contributed by atoms with Crippen LogP contribution < -0.4 is 5.73 Å². The number of hydrogen-bond acceptors (Lipinski definition) is 3. The van der Waals surface area contributed by atoms with Crippen molar-refractivity contribution in [3.05, 3.63) is 46.4 Å². The molecular formula is C13H9BrN2S. The van der Waals surface area contributed by atoms with Gasteiger partial charge in [-0.05, 0) is 21.5 Å². The maximum atomic E-state index is 5.91. The second kappa shape index (κ2) is 4.13. The van der Waals surface area contributed by atoms with E-state index in [0.717, 1.165) is 15.4 Å². The fourth-order valence-corrected chi connectivity index (χ4v) is 3.64. The maximum Gasteiger partial charge on any atom is 0.133 e. The Labute approximate surface area is 111 Å². The van der Waals surface area contributed by atoms with Gasteiger partial charge in [0.1, 0.15) is 5.82 Å². The Morgan fingerprint density at radius 2 is 1.94 bits per heavy atom. The van der Waals surface area contributed by atoms with Gasteiger partial charge in [-0.25, -0.2) is 4.98 Å². The second-order valence-corrected chi connectivity index (χ2v) is 5.44. The molecule has 0 saturated heterocycles. The first-order chi connectivity index (χ1) is 8.27. The molecule has 0 aliphatic carbocycles. The number of benzene rings is 1. The third-order valence-corrected chi connectivity index (χ3v) is 4.61. The van der Waals surface area contributed by atoms with E-state index in [-0.39, 0.29) is 0 Å². The van der Waals surface area contributed by atoms with Gasteiger partial charge in [0.2, 0.25) is 0 Å². The maximum absolute atomic E-state index is 5.91. The molecule has 3 aromatic rings. The van der Waals surface area contributed by atoms with E-state index < -0.39 is 0 Å². The molecule has 84 valence electrons. The van der Waals surface area contributed by atoms with E-state index in [2.05, 4.69) is 38.4 Å². The van der Waals surface area contributed by atoms with Gasteiger partial charge in [-0.1, -0.05) is 30.3 Å². The molecule has 0 fully saturated rings. The number of pyridine rings is 1. The van der Waals surface area contributed by atoms with Crippen LogP contribution in [0, 0.1) is 0 Å². The van der Waals surface area contributed by atoms with Crippen LogP contribution in [-0.4, -0.2) is 4.98 Å². The molecule has 2 nitrogen and oxygen atoms in total. The van der Waals surface area contributed by atoms with Crippen LogP contribution in [0.3, 0.4) is 0 Å². The number of nitrogen functional groups attached to an aromatic ring is 1. The van der Waals surface area contributed by atoms with Crippen LogP contribution in [-0.2, 0) is 0 Å². The highest BCUT2D eigenvalue weighted by atomic mass is 79.9. The van der Waals surface area contributed by atoms with Crippen molar-refractivity contribution < 1.29 is 0 Å². The van der Waals surface area contributed by atoms with Crippen LogP contribution in [0.1, 0.15) is 0 Å². The number of halogens is 1. The summed E-state index contributed by atoms with van der Waals surface area (Å²) in [5.74, 6) is 0.577. The van der Waals surface area contributed by atoms with Crippen molar-refractivity contribution in [1.82, 2.24) is 4.98 Å². The lowest BCUT2D eigenvalue weighted by molar-refractivity contribution is 1.37. The Balaban J connectivity index is 2.36. The van der Waals surface area contributed by atoms with Crippen LogP contribution in [0.25, 0.3) is 21.2 Å². The smallest absolute Gasteiger partial charge is 0.133 e. The molecule has 2 heterocycles. The lowest BCUT2D eigenvalue weighted by atomic mass is 10.1. The molecule has 0 amide bonds. The molecule has 0 radical (unpaired) electrons. The third kappa shape index (κ3) is 1.73. The monoisotopic (exact) mass is 304 g/mol. The van der Waals surface area contributed by atoms with Gasteiger partial charge in [0.05, 0.1) is 0 Å². The van der Waals surface area contributed by atoms with Crippen LogP contribution >= 0.6 is 27.3 Å². The highest BCUT2D eigenvalue weighted by molar-refractivity contribution is 9.10. The van der Waals surface area contributed by atoms with E-state index in [1.165, 1.54) is 10.3 Å². The summed E-state index contributed by atoms with van der Waals surface area (Å²) in [5.41, 5.74) is 8.21. The van der Waals surface area contributed by atoms with Crippen molar-refractivity contribution in [3.8, 4) is 11.1 Å². The molecule has 3 rings (SSSR count). The summed E-state index contributed by atoms with van der Waals surface area (Å²) in [6.45, 7) is 0. The molecule has 0 saturated carbocycles. The topological polar surface area (TPSA) is 38.9 Å². The SMILES string of the molecule is Nc1ncc(-c2ccccc2)c2scc(Br)c12. The lowest BCUT2D eigenvalue weighted by Crippen LogP contribution is -1.91. The Kier molecular flexibility index (Phi) is 2.61. The van der Waals surface area contributed by atoms with Gasteiger partial charge in [0, 0.05) is 31.7 Å². The van der Waals surface area contributed by atoms with E-state index in [9.17, 15) is 0 Å². The van der Waals surface area contributed by atoms with Gasteiger partial charge in [-0.3, -0.25) is 0 Å². The number of nitrogens with two attached hydrogens (primary N) is 1. The zero-order chi connectivity index (χ0) is 11.8. The first-order valence-electron chi connectivity index (χ1n) is 5.14. The molecule has 0 spiro atoms. The second-order valence-electron chi connectivity index (χ2n) is 3.71. The number of anilines is 1. The summed E-state index contributed by atoms with van der Waals surface area (Å²) in [6.07, 6.45) is 1.84. The summed E-state index contributed by atoms with van der Waals surface area (Å²) >= 11 is 5.20. The molecular weight excluding hydrogens is 296 g/mol. The van der Waals surface area contributed by atoms with Crippen LogP contribution in [0.2, 0.25) is 0 Å². The average Bonchev–Trinajstić information content (AvgIpc) is 2.74. The Morgan fingerprint density at radius 3 is 2.71 bits per heavy atom. The molecule has 17 heavy (non-hydrogen) atoms. The van der Waals surface area contributed by atoms with E-state index in [1.807, 2.05) is 24.4 Å². The quantitative estimate of drug-likeness (QED) is 0.727. The highest BCUT2D eigenvalue weighted by Gasteiger charge is 2.11. The summed E-state index contributed by atoms with van der Waals surface area (Å²) in [7, 11) is 0. The molecule has 0 unspecified atom stereocenters. The van der Waals surface area contributed by atoms with Gasteiger partial charge in [-0.2, -0.15) is 0 Å². The van der Waals surface area contributed by atoms with Crippen molar-refractivity contribution in [2.24, 2.45) is 0 Å². The summed E-state index contributed by atoms with van der Waals surface area (Å²) in [4.78, 5) is 4.27. The fourth-order valence-electron chi connectivity index (χ4n) is 1.85. The van der Waals surface area contributed by atoms with Crippen LogP contribution in [0.4, 0.5) is 5.82 Å². The summed E-state index contributed by atoms with van der Waals surface area (Å²) in [5, 5.41) is 3.06. The number of aromatic nitrogens is 1. The van der Waals surface area contributed by atoms with Gasteiger partial charge >= 0.3 is 0 Å².